The summed E-state index contributed by atoms with van der Waals surface area (Å²) in [5, 5.41) is 2.83. The van der Waals surface area contributed by atoms with Crippen molar-refractivity contribution in [2.45, 2.75) is 19.3 Å². The second-order valence-corrected chi connectivity index (χ2v) is 5.12. The van der Waals surface area contributed by atoms with Gasteiger partial charge in [-0.15, -0.1) is 0 Å². The van der Waals surface area contributed by atoms with Crippen LogP contribution in [0.1, 0.15) is 19.3 Å². The van der Waals surface area contributed by atoms with Crippen molar-refractivity contribution in [3.8, 4) is 0 Å². The lowest BCUT2D eigenvalue weighted by molar-refractivity contribution is -0.140. The van der Waals surface area contributed by atoms with Crippen molar-refractivity contribution in [1.29, 1.82) is 0 Å². The fourth-order valence-corrected chi connectivity index (χ4v) is 2.30. The van der Waals surface area contributed by atoms with E-state index in [-0.39, 0.29) is 18.3 Å². The van der Waals surface area contributed by atoms with Gasteiger partial charge in [-0.2, -0.15) is 0 Å². The van der Waals surface area contributed by atoms with E-state index < -0.39 is 0 Å². The van der Waals surface area contributed by atoms with Crippen molar-refractivity contribution in [1.82, 2.24) is 0 Å². The third-order valence-electron chi connectivity index (χ3n) is 3.54. The number of rotatable bonds is 6. The zero-order valence-electron chi connectivity index (χ0n) is 12.8. The van der Waals surface area contributed by atoms with Gasteiger partial charge in [-0.3, -0.25) is 9.59 Å². The molecule has 0 atom stereocenters. The Morgan fingerprint density at radius 3 is 2.50 bits per heavy atom. The molecule has 0 unspecified atom stereocenters. The molecule has 1 aromatic rings. The van der Waals surface area contributed by atoms with Crippen molar-refractivity contribution >= 4 is 23.3 Å². The van der Waals surface area contributed by atoms with Crippen LogP contribution in [-0.4, -0.2) is 45.3 Å². The number of hydrogen-bond donors (Lipinski definition) is 1. The molecule has 0 radical (unpaired) electrons. The van der Waals surface area contributed by atoms with Gasteiger partial charge in [-0.1, -0.05) is 0 Å². The number of benzene rings is 1. The molecule has 22 heavy (non-hydrogen) atoms. The second-order valence-electron chi connectivity index (χ2n) is 5.12. The molecule has 0 aliphatic carbocycles. The largest absolute Gasteiger partial charge is 0.469 e. The van der Waals surface area contributed by atoms with Crippen LogP contribution in [0.5, 0.6) is 0 Å². The Balaban J connectivity index is 1.78. The molecule has 0 bridgehead atoms. The van der Waals surface area contributed by atoms with Gasteiger partial charge < -0.3 is 19.7 Å². The Kier molecular flexibility index (Phi) is 6.21. The average molecular weight is 306 g/mol. The summed E-state index contributed by atoms with van der Waals surface area (Å²) in [5.74, 6) is -0.384. The van der Waals surface area contributed by atoms with Crippen LogP contribution >= 0.6 is 0 Å². The Labute approximate surface area is 130 Å². The third kappa shape index (κ3) is 5.04. The van der Waals surface area contributed by atoms with Gasteiger partial charge in [0.15, 0.2) is 0 Å². The summed E-state index contributed by atoms with van der Waals surface area (Å²) in [7, 11) is 1.35. The van der Waals surface area contributed by atoms with Crippen LogP contribution in [0.15, 0.2) is 24.3 Å². The van der Waals surface area contributed by atoms with Crippen LogP contribution in [-0.2, 0) is 19.1 Å². The minimum Gasteiger partial charge on any atom is -0.469 e. The highest BCUT2D eigenvalue weighted by Crippen LogP contribution is 2.19. The Morgan fingerprint density at radius 2 is 1.86 bits per heavy atom. The maximum Gasteiger partial charge on any atom is 0.305 e. The van der Waals surface area contributed by atoms with Crippen LogP contribution < -0.4 is 10.2 Å². The summed E-state index contributed by atoms with van der Waals surface area (Å²) in [4.78, 5) is 25.0. The molecule has 1 aliphatic heterocycles. The first-order chi connectivity index (χ1) is 10.7. The molecule has 120 valence electrons. The molecule has 1 saturated heterocycles. The molecule has 6 nitrogen and oxygen atoms in total. The molecule has 0 spiro atoms. The van der Waals surface area contributed by atoms with Gasteiger partial charge >= 0.3 is 5.97 Å². The highest BCUT2D eigenvalue weighted by Gasteiger charge is 2.11. The zero-order chi connectivity index (χ0) is 15.8. The van der Waals surface area contributed by atoms with Crippen molar-refractivity contribution in [3.05, 3.63) is 24.3 Å². The highest BCUT2D eigenvalue weighted by atomic mass is 16.5. The monoisotopic (exact) mass is 306 g/mol. The van der Waals surface area contributed by atoms with Gasteiger partial charge in [0.25, 0.3) is 0 Å². The fourth-order valence-electron chi connectivity index (χ4n) is 2.30. The zero-order valence-corrected chi connectivity index (χ0v) is 12.8. The summed E-state index contributed by atoms with van der Waals surface area (Å²) in [6.45, 7) is 3.27. The average Bonchev–Trinajstić information content (AvgIpc) is 2.56. The van der Waals surface area contributed by atoms with E-state index in [1.807, 2.05) is 24.3 Å². The number of esters is 1. The van der Waals surface area contributed by atoms with E-state index in [2.05, 4.69) is 15.0 Å². The number of carbonyl (C=O) groups excluding carboxylic acids is 2. The number of methoxy groups -OCH3 is 1. The SMILES string of the molecule is COC(=O)CCCC(=O)Nc1ccc(N2CCOCC2)cc1. The van der Waals surface area contributed by atoms with Crippen LogP contribution in [0.3, 0.4) is 0 Å². The van der Waals surface area contributed by atoms with E-state index in [1.165, 1.54) is 7.11 Å². The predicted octanol–water partition coefficient (Wildman–Crippen LogP) is 1.80. The smallest absolute Gasteiger partial charge is 0.305 e. The van der Waals surface area contributed by atoms with Gasteiger partial charge in [-0.05, 0) is 30.7 Å². The Hall–Kier alpha value is -2.08. The maximum absolute atomic E-state index is 11.8. The number of amides is 1. The van der Waals surface area contributed by atoms with Gasteiger partial charge in [0, 0.05) is 37.3 Å². The van der Waals surface area contributed by atoms with E-state index in [4.69, 9.17) is 4.74 Å². The summed E-state index contributed by atoms with van der Waals surface area (Å²) in [5.41, 5.74) is 1.90. The number of nitrogens with one attached hydrogen (secondary N) is 1. The lowest BCUT2D eigenvalue weighted by Crippen LogP contribution is -2.36. The van der Waals surface area contributed by atoms with E-state index in [1.54, 1.807) is 0 Å². The first kappa shape index (κ1) is 16.3. The predicted molar refractivity (Wildman–Crippen MR) is 84.0 cm³/mol. The number of morpholine rings is 1. The number of hydrogen-bond acceptors (Lipinski definition) is 5. The molecule has 0 saturated carbocycles. The van der Waals surface area contributed by atoms with E-state index in [9.17, 15) is 9.59 Å². The second kappa shape index (κ2) is 8.38. The van der Waals surface area contributed by atoms with Gasteiger partial charge in [0.1, 0.15) is 0 Å². The molecule has 1 aliphatic rings. The van der Waals surface area contributed by atoms with Gasteiger partial charge in [-0.25, -0.2) is 0 Å². The lowest BCUT2D eigenvalue weighted by atomic mass is 10.2. The summed E-state index contributed by atoms with van der Waals surface area (Å²) in [6, 6.07) is 7.77. The van der Waals surface area contributed by atoms with Gasteiger partial charge in [0.2, 0.25) is 5.91 Å². The summed E-state index contributed by atoms with van der Waals surface area (Å²) >= 11 is 0. The number of carbonyl (C=O) groups is 2. The number of nitrogens with zero attached hydrogens (tertiary/aromatic N) is 1. The Morgan fingerprint density at radius 1 is 1.18 bits per heavy atom. The van der Waals surface area contributed by atoms with E-state index in [0.29, 0.717) is 12.8 Å². The molecule has 2 rings (SSSR count). The van der Waals surface area contributed by atoms with Crippen molar-refractivity contribution in [3.63, 3.8) is 0 Å². The van der Waals surface area contributed by atoms with Crippen molar-refractivity contribution < 1.29 is 19.1 Å². The first-order valence-electron chi connectivity index (χ1n) is 7.48. The number of anilines is 2. The quantitative estimate of drug-likeness (QED) is 0.812. The van der Waals surface area contributed by atoms with E-state index in [0.717, 1.165) is 37.7 Å². The van der Waals surface area contributed by atoms with Gasteiger partial charge in [0.05, 0.1) is 20.3 Å². The third-order valence-corrected chi connectivity index (χ3v) is 3.54. The number of ether oxygens (including phenoxy) is 2. The normalized spacial score (nSPS) is 14.5. The van der Waals surface area contributed by atoms with Crippen LogP contribution in [0.2, 0.25) is 0 Å². The molecule has 1 amide bonds. The summed E-state index contributed by atoms with van der Waals surface area (Å²) < 4.78 is 9.87. The van der Waals surface area contributed by atoms with Crippen molar-refractivity contribution in [2.75, 3.05) is 43.6 Å². The van der Waals surface area contributed by atoms with Crippen molar-refractivity contribution in [2.24, 2.45) is 0 Å². The first-order valence-corrected chi connectivity index (χ1v) is 7.48. The molecule has 6 heteroatoms. The standard InChI is InChI=1S/C16H22N2O4/c1-21-16(20)4-2-3-15(19)17-13-5-7-14(8-6-13)18-9-11-22-12-10-18/h5-8H,2-4,9-12H2,1H3,(H,17,19). The minimum absolute atomic E-state index is 0.0944. The molecule has 1 aromatic carbocycles. The minimum atomic E-state index is -0.289. The summed E-state index contributed by atoms with van der Waals surface area (Å²) in [6.07, 6.45) is 1.06. The molecular weight excluding hydrogens is 284 g/mol. The Bertz CT molecular complexity index is 495. The topological polar surface area (TPSA) is 67.9 Å². The molecule has 1 fully saturated rings. The van der Waals surface area contributed by atoms with Crippen LogP contribution in [0.4, 0.5) is 11.4 Å². The fraction of sp³-hybridized carbons (Fsp3) is 0.500. The van der Waals surface area contributed by atoms with Crippen LogP contribution in [0, 0.1) is 0 Å². The molecule has 0 aromatic heterocycles. The molecule has 1 N–H and O–H groups in total. The molecular formula is C16H22N2O4. The van der Waals surface area contributed by atoms with E-state index >= 15 is 0 Å². The highest BCUT2D eigenvalue weighted by molar-refractivity contribution is 5.91. The maximum atomic E-state index is 11.8. The van der Waals surface area contributed by atoms with Crippen LogP contribution in [0.25, 0.3) is 0 Å². The lowest BCUT2D eigenvalue weighted by Gasteiger charge is -2.28. The molecule has 1 heterocycles.